The van der Waals surface area contributed by atoms with Crippen LogP contribution in [0.3, 0.4) is 0 Å². The van der Waals surface area contributed by atoms with Crippen molar-refractivity contribution in [3.8, 4) is 0 Å². The molecule has 0 aliphatic carbocycles. The van der Waals surface area contributed by atoms with E-state index in [-0.39, 0.29) is 0 Å². The largest absolute Gasteiger partial charge is 0.391 e. The zero-order chi connectivity index (χ0) is 20.8. The maximum Gasteiger partial charge on any atom is 0.102 e. The number of aliphatic hydroxyl groups excluding tert-OH is 1. The first kappa shape index (κ1) is 27.9. The van der Waals surface area contributed by atoms with Gasteiger partial charge in [0.25, 0.3) is 0 Å². The van der Waals surface area contributed by atoms with Gasteiger partial charge in [0.15, 0.2) is 0 Å². The number of quaternary nitrogens is 1. The fourth-order valence-electron chi connectivity index (χ4n) is 4.18. The molecule has 0 heterocycles. The van der Waals surface area contributed by atoms with E-state index in [2.05, 4.69) is 21.0 Å². The molecule has 0 saturated carbocycles. The summed E-state index contributed by atoms with van der Waals surface area (Å²) in [5.41, 5.74) is 0. The van der Waals surface area contributed by atoms with E-state index in [1.54, 1.807) is 0 Å². The minimum atomic E-state index is 0.312. The van der Waals surface area contributed by atoms with E-state index < -0.39 is 0 Å². The van der Waals surface area contributed by atoms with E-state index >= 15 is 0 Å². The average Bonchev–Trinajstić information content (AvgIpc) is 2.66. The molecule has 0 fully saturated rings. The number of nitrogens with zero attached hydrogens (tertiary/aromatic N) is 1. The molecule has 0 aromatic carbocycles. The van der Waals surface area contributed by atoms with Gasteiger partial charge in [0.2, 0.25) is 0 Å². The summed E-state index contributed by atoms with van der Waals surface area (Å²) >= 11 is 0. The number of hydrogen-bond donors (Lipinski definition) is 1. The molecule has 0 rings (SSSR count). The minimum Gasteiger partial charge on any atom is -0.391 e. The Morgan fingerprint density at radius 3 is 1.00 bits per heavy atom. The van der Waals surface area contributed by atoms with Gasteiger partial charge in [-0.3, -0.25) is 0 Å². The fourth-order valence-corrected chi connectivity index (χ4v) is 4.18. The molecule has 0 aliphatic rings. The van der Waals surface area contributed by atoms with Crippen molar-refractivity contribution >= 4 is 0 Å². The molecule has 2 heteroatoms. The van der Waals surface area contributed by atoms with E-state index in [9.17, 15) is 0 Å². The quantitative estimate of drug-likeness (QED) is 0.137. The highest BCUT2D eigenvalue weighted by atomic mass is 16.3. The van der Waals surface area contributed by atoms with Gasteiger partial charge in [-0.2, -0.15) is 0 Å². The second-order valence-corrected chi connectivity index (χ2v) is 9.82. The maximum atomic E-state index is 9.05. The van der Waals surface area contributed by atoms with E-state index in [1.807, 2.05) is 0 Å². The Balaban J connectivity index is 3.09. The van der Waals surface area contributed by atoms with Gasteiger partial charge in [-0.15, -0.1) is 0 Å². The van der Waals surface area contributed by atoms with Crippen LogP contribution >= 0.6 is 0 Å². The van der Waals surface area contributed by atoms with Crippen LogP contribution in [0.25, 0.3) is 0 Å². The molecule has 0 bridgehead atoms. The van der Waals surface area contributed by atoms with Gasteiger partial charge in [0.05, 0.1) is 27.2 Å². The molecule has 0 saturated heterocycles. The molecule has 170 valence electrons. The Morgan fingerprint density at radius 1 is 0.429 bits per heavy atom. The van der Waals surface area contributed by atoms with Crippen LogP contribution in [0.1, 0.15) is 135 Å². The third-order valence-electron chi connectivity index (χ3n) is 6.32. The first-order valence-electron chi connectivity index (χ1n) is 13.1. The highest BCUT2D eigenvalue weighted by Gasteiger charge is 2.12. The fraction of sp³-hybridized carbons (Fsp3) is 1.00. The van der Waals surface area contributed by atoms with Gasteiger partial charge in [-0.05, 0) is 12.8 Å². The number of aliphatic hydroxyl groups is 1. The molecule has 1 N–H and O–H groups in total. The monoisotopic (exact) mass is 398 g/mol. The van der Waals surface area contributed by atoms with Crippen molar-refractivity contribution in [1.82, 2.24) is 0 Å². The molecule has 0 aliphatic heterocycles. The summed E-state index contributed by atoms with van der Waals surface area (Å²) in [6, 6.07) is 0. The highest BCUT2D eigenvalue weighted by molar-refractivity contribution is 4.51. The van der Waals surface area contributed by atoms with Gasteiger partial charge in [0.1, 0.15) is 6.54 Å². The number of unbranched alkanes of at least 4 members (excludes halogenated alkanes) is 19. The molecule has 2 nitrogen and oxygen atoms in total. The van der Waals surface area contributed by atoms with Gasteiger partial charge in [-0.25, -0.2) is 0 Å². The van der Waals surface area contributed by atoms with Crippen LogP contribution in [0.15, 0.2) is 0 Å². The topological polar surface area (TPSA) is 20.2 Å². The Bertz CT molecular complexity index is 290. The van der Waals surface area contributed by atoms with Crippen molar-refractivity contribution in [1.29, 1.82) is 0 Å². The molecule has 0 unspecified atom stereocenters. The van der Waals surface area contributed by atoms with Crippen LogP contribution in [0.5, 0.6) is 0 Å². The van der Waals surface area contributed by atoms with E-state index in [1.165, 1.54) is 135 Å². The second kappa shape index (κ2) is 21.6. The standard InChI is InChI=1S/C26H56NO/c1-4-5-6-7-8-9-10-11-12-13-14-15-16-17-18-19-20-21-22-23-24-27(2,3)25-26-28/h28H,4-26H2,1-3H3/q+1. The van der Waals surface area contributed by atoms with Gasteiger partial charge < -0.3 is 9.59 Å². The van der Waals surface area contributed by atoms with Gasteiger partial charge >= 0.3 is 0 Å². The summed E-state index contributed by atoms with van der Waals surface area (Å²) in [5, 5.41) is 9.05. The molecular formula is C26H56NO+. The smallest absolute Gasteiger partial charge is 0.102 e. The predicted molar refractivity (Wildman–Crippen MR) is 127 cm³/mol. The van der Waals surface area contributed by atoms with E-state index in [0.717, 1.165) is 11.0 Å². The number of rotatable bonds is 23. The first-order valence-corrected chi connectivity index (χ1v) is 13.1. The van der Waals surface area contributed by atoms with Crippen molar-refractivity contribution in [2.45, 2.75) is 135 Å². The molecule has 0 radical (unpaired) electrons. The molecule has 0 atom stereocenters. The summed E-state index contributed by atoms with van der Waals surface area (Å²) in [7, 11) is 4.46. The van der Waals surface area contributed by atoms with Gasteiger partial charge in [0, 0.05) is 0 Å². The van der Waals surface area contributed by atoms with Crippen molar-refractivity contribution in [2.24, 2.45) is 0 Å². The van der Waals surface area contributed by atoms with Crippen LogP contribution in [-0.2, 0) is 0 Å². The SMILES string of the molecule is CCCCCCCCCCCCCCCCCCCCCC[N+](C)(C)CCO. The van der Waals surface area contributed by atoms with Crippen LogP contribution in [0.2, 0.25) is 0 Å². The lowest BCUT2D eigenvalue weighted by Crippen LogP contribution is -2.42. The number of likely N-dealkylation sites (N-methyl/N-ethyl adjacent to an activating group) is 1. The zero-order valence-corrected chi connectivity index (χ0v) is 20.2. The Morgan fingerprint density at radius 2 is 0.714 bits per heavy atom. The van der Waals surface area contributed by atoms with Crippen LogP contribution < -0.4 is 0 Å². The molecule has 0 aromatic heterocycles. The average molecular weight is 399 g/mol. The Hall–Kier alpha value is -0.0800. The Labute approximate surface area is 179 Å². The van der Waals surface area contributed by atoms with E-state index in [0.29, 0.717) is 6.61 Å². The third-order valence-corrected chi connectivity index (χ3v) is 6.32. The summed E-state index contributed by atoms with van der Waals surface area (Å²) in [5.74, 6) is 0. The van der Waals surface area contributed by atoms with Crippen molar-refractivity contribution in [3.63, 3.8) is 0 Å². The second-order valence-electron chi connectivity index (χ2n) is 9.82. The van der Waals surface area contributed by atoms with Crippen molar-refractivity contribution in [2.75, 3.05) is 33.8 Å². The predicted octanol–water partition coefficient (Wildman–Crippen LogP) is 7.88. The number of hydrogen-bond acceptors (Lipinski definition) is 1. The summed E-state index contributed by atoms with van der Waals surface area (Å²) in [4.78, 5) is 0. The lowest BCUT2D eigenvalue weighted by molar-refractivity contribution is -0.890. The van der Waals surface area contributed by atoms with Crippen LogP contribution in [0, 0.1) is 0 Å². The Kier molecular flexibility index (Phi) is 21.6. The molecule has 0 aromatic rings. The molecule has 0 spiro atoms. The zero-order valence-electron chi connectivity index (χ0n) is 20.2. The first-order chi connectivity index (χ1) is 13.6. The lowest BCUT2D eigenvalue weighted by Gasteiger charge is -2.28. The highest BCUT2D eigenvalue weighted by Crippen LogP contribution is 2.15. The third kappa shape index (κ3) is 22.2. The van der Waals surface area contributed by atoms with Crippen molar-refractivity contribution < 1.29 is 9.59 Å². The molecule has 28 heavy (non-hydrogen) atoms. The molecular weight excluding hydrogens is 342 g/mol. The molecule has 0 amide bonds. The summed E-state index contributed by atoms with van der Waals surface area (Å²) in [6.07, 6.45) is 28.8. The van der Waals surface area contributed by atoms with Crippen molar-refractivity contribution in [3.05, 3.63) is 0 Å². The normalized spacial score (nSPS) is 12.0. The van der Waals surface area contributed by atoms with Gasteiger partial charge in [-0.1, -0.05) is 122 Å². The summed E-state index contributed by atoms with van der Waals surface area (Å²) in [6.45, 7) is 4.70. The minimum absolute atomic E-state index is 0.312. The maximum absolute atomic E-state index is 9.05. The van der Waals surface area contributed by atoms with Crippen LogP contribution in [0.4, 0.5) is 0 Å². The lowest BCUT2D eigenvalue weighted by atomic mass is 10.0. The summed E-state index contributed by atoms with van der Waals surface area (Å²) < 4.78 is 0.968. The van der Waals surface area contributed by atoms with E-state index in [4.69, 9.17) is 5.11 Å². The van der Waals surface area contributed by atoms with Crippen LogP contribution in [-0.4, -0.2) is 43.4 Å².